The molecule has 0 spiro atoms. The minimum Gasteiger partial charge on any atom is -0.338 e. The van der Waals surface area contributed by atoms with Crippen LogP contribution < -0.4 is 5.32 Å². The second-order valence-corrected chi connectivity index (χ2v) is 5.96. The highest BCUT2D eigenvalue weighted by Crippen LogP contribution is 2.38. The van der Waals surface area contributed by atoms with Crippen molar-refractivity contribution in [3.63, 3.8) is 0 Å². The lowest BCUT2D eigenvalue weighted by Gasteiger charge is -2.39. The maximum atomic E-state index is 12.5. The Bertz CT molecular complexity index is 290. The van der Waals surface area contributed by atoms with E-state index in [9.17, 15) is 4.79 Å². The summed E-state index contributed by atoms with van der Waals surface area (Å²) in [6, 6.07) is 0.584. The van der Waals surface area contributed by atoms with Crippen molar-refractivity contribution in [2.75, 3.05) is 13.1 Å². The lowest BCUT2D eigenvalue weighted by atomic mass is 9.91. The van der Waals surface area contributed by atoms with Crippen LogP contribution in [0.1, 0.15) is 52.9 Å². The molecule has 1 aliphatic heterocycles. The largest absolute Gasteiger partial charge is 0.338 e. The normalized spacial score (nSPS) is 37.3. The van der Waals surface area contributed by atoms with Gasteiger partial charge in [-0.15, -0.1) is 0 Å². The van der Waals surface area contributed by atoms with Crippen molar-refractivity contribution in [3.8, 4) is 0 Å². The van der Waals surface area contributed by atoms with Crippen LogP contribution in [0.2, 0.25) is 0 Å². The van der Waals surface area contributed by atoms with Crippen molar-refractivity contribution < 1.29 is 4.79 Å². The molecule has 0 aromatic rings. The zero-order chi connectivity index (χ0) is 13.1. The first-order valence-electron chi connectivity index (χ1n) is 7.72. The molecule has 104 valence electrons. The van der Waals surface area contributed by atoms with Crippen molar-refractivity contribution in [1.82, 2.24) is 10.2 Å². The third kappa shape index (κ3) is 2.56. The zero-order valence-electron chi connectivity index (χ0n) is 12.1. The molecule has 4 unspecified atom stereocenters. The lowest BCUT2D eigenvalue weighted by Crippen LogP contribution is -2.54. The van der Waals surface area contributed by atoms with Crippen LogP contribution in [0.3, 0.4) is 0 Å². The quantitative estimate of drug-likeness (QED) is 0.833. The number of carbonyl (C=O) groups is 1. The molecular formula is C15H28N2O. The van der Waals surface area contributed by atoms with Gasteiger partial charge in [0, 0.05) is 12.6 Å². The predicted octanol–water partition coefficient (Wildman–Crippen LogP) is 2.41. The molecule has 0 aromatic heterocycles. The van der Waals surface area contributed by atoms with Crippen LogP contribution in [0.5, 0.6) is 0 Å². The third-order valence-electron chi connectivity index (χ3n) is 5.03. The van der Waals surface area contributed by atoms with Gasteiger partial charge in [0.25, 0.3) is 0 Å². The maximum absolute atomic E-state index is 12.5. The Kier molecular flexibility index (Phi) is 4.66. The van der Waals surface area contributed by atoms with E-state index in [-0.39, 0.29) is 6.04 Å². The van der Waals surface area contributed by atoms with Crippen LogP contribution in [0.25, 0.3) is 0 Å². The Balaban J connectivity index is 2.02. The molecular weight excluding hydrogens is 224 g/mol. The average molecular weight is 252 g/mol. The summed E-state index contributed by atoms with van der Waals surface area (Å²) in [5.74, 6) is 1.86. The van der Waals surface area contributed by atoms with Gasteiger partial charge in [-0.25, -0.2) is 0 Å². The van der Waals surface area contributed by atoms with E-state index >= 15 is 0 Å². The Morgan fingerprint density at radius 2 is 2.06 bits per heavy atom. The fraction of sp³-hybridized carbons (Fsp3) is 0.933. The van der Waals surface area contributed by atoms with Crippen molar-refractivity contribution in [2.45, 2.75) is 65.0 Å². The van der Waals surface area contributed by atoms with Gasteiger partial charge in [-0.05, 0) is 44.1 Å². The molecule has 3 nitrogen and oxygen atoms in total. The van der Waals surface area contributed by atoms with Gasteiger partial charge in [0.2, 0.25) is 5.91 Å². The zero-order valence-corrected chi connectivity index (χ0v) is 12.1. The summed E-state index contributed by atoms with van der Waals surface area (Å²) < 4.78 is 0. The van der Waals surface area contributed by atoms with Crippen LogP contribution >= 0.6 is 0 Å². The molecule has 1 amide bonds. The van der Waals surface area contributed by atoms with E-state index in [4.69, 9.17) is 0 Å². The second kappa shape index (κ2) is 6.05. The molecule has 1 heterocycles. The van der Waals surface area contributed by atoms with Gasteiger partial charge in [0.15, 0.2) is 0 Å². The van der Waals surface area contributed by atoms with Crippen LogP contribution in [0.15, 0.2) is 0 Å². The molecule has 2 rings (SSSR count). The number of nitrogens with zero attached hydrogens (tertiary/aromatic N) is 1. The van der Waals surface area contributed by atoms with E-state index in [2.05, 4.69) is 31.0 Å². The number of rotatable bonds is 4. The molecule has 2 fully saturated rings. The van der Waals surface area contributed by atoms with Gasteiger partial charge in [-0.3, -0.25) is 4.79 Å². The Labute approximate surface area is 111 Å². The number of hydrogen-bond donors (Lipinski definition) is 1. The highest BCUT2D eigenvalue weighted by atomic mass is 16.2. The van der Waals surface area contributed by atoms with E-state index in [1.165, 1.54) is 19.3 Å². The number of piperidine rings is 1. The van der Waals surface area contributed by atoms with Crippen LogP contribution in [0, 0.1) is 11.8 Å². The first-order chi connectivity index (χ1) is 8.69. The molecule has 1 aliphatic carbocycles. The summed E-state index contributed by atoms with van der Waals surface area (Å²) in [5, 5.41) is 3.34. The smallest absolute Gasteiger partial charge is 0.239 e. The molecule has 2 aliphatic rings. The molecule has 0 aromatic carbocycles. The van der Waals surface area contributed by atoms with Crippen LogP contribution in [0.4, 0.5) is 0 Å². The van der Waals surface area contributed by atoms with E-state index in [1.54, 1.807) is 0 Å². The highest BCUT2D eigenvalue weighted by Gasteiger charge is 2.40. The summed E-state index contributed by atoms with van der Waals surface area (Å²) in [7, 11) is 0. The topological polar surface area (TPSA) is 32.3 Å². The molecule has 0 radical (unpaired) electrons. The molecule has 1 saturated carbocycles. The van der Waals surface area contributed by atoms with Crippen molar-refractivity contribution in [2.24, 2.45) is 11.8 Å². The number of hydrogen-bond acceptors (Lipinski definition) is 2. The van der Waals surface area contributed by atoms with E-state index < -0.39 is 0 Å². The minimum absolute atomic E-state index is 0.0802. The second-order valence-electron chi connectivity index (χ2n) is 5.96. The van der Waals surface area contributed by atoms with Crippen molar-refractivity contribution >= 4 is 5.91 Å². The summed E-state index contributed by atoms with van der Waals surface area (Å²) in [4.78, 5) is 14.7. The molecule has 1 N–H and O–H groups in total. The van der Waals surface area contributed by atoms with Crippen LogP contribution in [-0.2, 0) is 4.79 Å². The lowest BCUT2D eigenvalue weighted by molar-refractivity contribution is -0.139. The maximum Gasteiger partial charge on any atom is 0.239 e. The number of carbonyl (C=O) groups excluding carboxylic acids is 1. The summed E-state index contributed by atoms with van der Waals surface area (Å²) >= 11 is 0. The summed E-state index contributed by atoms with van der Waals surface area (Å²) in [6.07, 6.45) is 5.95. The number of amides is 1. The summed E-state index contributed by atoms with van der Waals surface area (Å²) in [5.41, 5.74) is 0. The van der Waals surface area contributed by atoms with E-state index in [0.717, 1.165) is 31.8 Å². The van der Waals surface area contributed by atoms with Gasteiger partial charge in [0.1, 0.15) is 0 Å². The molecule has 4 atom stereocenters. The fourth-order valence-corrected chi connectivity index (χ4v) is 3.90. The van der Waals surface area contributed by atoms with Gasteiger partial charge < -0.3 is 10.2 Å². The number of likely N-dealkylation sites (N-methyl/N-ethyl adjacent to an activating group) is 1. The molecule has 18 heavy (non-hydrogen) atoms. The standard InChI is InChI=1S/C15H28N2O/c1-4-12-8-9-14(11(12)3)17-10-6-7-13(15(17)18)16-5-2/h11-14,16H,4-10H2,1-3H3. The summed E-state index contributed by atoms with van der Waals surface area (Å²) in [6.45, 7) is 8.57. The first-order valence-corrected chi connectivity index (χ1v) is 7.72. The SMILES string of the molecule is CCNC1CCCN(C2CCC(CC)C2C)C1=O. The number of likely N-dealkylation sites (tertiary alicyclic amines) is 1. The fourth-order valence-electron chi connectivity index (χ4n) is 3.90. The highest BCUT2D eigenvalue weighted by molar-refractivity contribution is 5.83. The minimum atomic E-state index is 0.0802. The molecule has 0 bridgehead atoms. The van der Waals surface area contributed by atoms with Gasteiger partial charge in [0.05, 0.1) is 6.04 Å². The predicted molar refractivity (Wildman–Crippen MR) is 74.4 cm³/mol. The first kappa shape index (κ1) is 13.9. The Hall–Kier alpha value is -0.570. The van der Waals surface area contributed by atoms with Gasteiger partial charge in [-0.2, -0.15) is 0 Å². The Morgan fingerprint density at radius 3 is 2.67 bits per heavy atom. The number of nitrogens with one attached hydrogen (secondary N) is 1. The van der Waals surface area contributed by atoms with Crippen molar-refractivity contribution in [1.29, 1.82) is 0 Å². The van der Waals surface area contributed by atoms with Crippen LogP contribution in [-0.4, -0.2) is 36.0 Å². The monoisotopic (exact) mass is 252 g/mol. The van der Waals surface area contributed by atoms with Crippen molar-refractivity contribution in [3.05, 3.63) is 0 Å². The average Bonchev–Trinajstić information content (AvgIpc) is 2.73. The molecule has 3 heteroatoms. The van der Waals surface area contributed by atoms with Gasteiger partial charge >= 0.3 is 0 Å². The van der Waals surface area contributed by atoms with Gasteiger partial charge in [-0.1, -0.05) is 27.2 Å². The third-order valence-corrected chi connectivity index (χ3v) is 5.03. The molecule has 1 saturated heterocycles. The van der Waals surface area contributed by atoms with E-state index in [1.807, 2.05) is 0 Å². The van der Waals surface area contributed by atoms with E-state index in [0.29, 0.717) is 17.9 Å². The Morgan fingerprint density at radius 1 is 1.28 bits per heavy atom.